The van der Waals surface area contributed by atoms with Crippen molar-refractivity contribution in [2.45, 2.75) is 0 Å². The second kappa shape index (κ2) is 5.17. The number of nitrogens with zero attached hydrogens (tertiary/aromatic N) is 3. The summed E-state index contributed by atoms with van der Waals surface area (Å²) in [5.74, 6) is -1.56. The smallest absolute Gasteiger partial charge is 0.432 e. The monoisotopic (exact) mass is 297 g/mol. The van der Waals surface area contributed by atoms with Crippen LogP contribution in [0.3, 0.4) is 0 Å². The predicted molar refractivity (Wildman–Crippen MR) is 69.3 cm³/mol. The molecule has 8 nitrogen and oxygen atoms in total. The molecule has 0 aliphatic rings. The highest BCUT2D eigenvalue weighted by Gasteiger charge is 2.27. The lowest BCUT2D eigenvalue weighted by atomic mass is 10.3. The van der Waals surface area contributed by atoms with Gasteiger partial charge in [-0.3, -0.25) is 4.79 Å². The third kappa shape index (κ3) is 2.41. The molecular weight excluding hydrogens is 290 g/mol. The molecule has 0 saturated carbocycles. The van der Waals surface area contributed by atoms with Crippen LogP contribution >= 0.6 is 11.6 Å². The van der Waals surface area contributed by atoms with Crippen molar-refractivity contribution in [3.8, 4) is 17.2 Å². The Morgan fingerprint density at radius 3 is 2.70 bits per heavy atom. The average Bonchev–Trinajstić information content (AvgIpc) is 2.41. The van der Waals surface area contributed by atoms with Crippen molar-refractivity contribution in [2.75, 3.05) is 0 Å². The minimum Gasteiger partial charge on any atom is -0.504 e. The molecule has 0 spiro atoms. The lowest BCUT2D eigenvalue weighted by Crippen LogP contribution is -2.21. The first-order valence-electron chi connectivity index (χ1n) is 5.29. The van der Waals surface area contributed by atoms with Gasteiger partial charge in [-0.25, -0.2) is 0 Å². The van der Waals surface area contributed by atoms with Gasteiger partial charge in [-0.2, -0.15) is 0 Å². The molecule has 0 amide bonds. The van der Waals surface area contributed by atoms with Crippen molar-refractivity contribution in [3.63, 3.8) is 0 Å². The molecule has 0 bridgehead atoms. The lowest BCUT2D eigenvalue weighted by molar-refractivity contribution is -0.391. The maximum atomic E-state index is 11.6. The van der Waals surface area contributed by atoms with Crippen LogP contribution in [-0.2, 0) is 7.05 Å². The van der Waals surface area contributed by atoms with Gasteiger partial charge in [-0.15, -0.1) is 4.68 Å². The van der Waals surface area contributed by atoms with E-state index in [0.29, 0.717) is 0 Å². The number of aromatic hydroxyl groups is 1. The standard InChI is InChI=1S/C11H8ClN3O5/c1-14-11(17)8(12)9(10(13-14)15(18)19)20-7-5-3-2-4-6(7)16/h2-5,16H,1H3. The number of phenolic OH excluding ortho intramolecular Hbond substituents is 1. The Kier molecular flexibility index (Phi) is 3.57. The maximum Gasteiger partial charge on any atom is 0.432 e. The Hall–Kier alpha value is -2.61. The molecule has 0 radical (unpaired) electrons. The number of aromatic nitrogens is 2. The van der Waals surface area contributed by atoms with Crippen molar-refractivity contribution in [1.82, 2.24) is 9.78 Å². The molecule has 1 aromatic carbocycles. The van der Waals surface area contributed by atoms with E-state index in [9.17, 15) is 20.0 Å². The Balaban J connectivity index is 2.62. The van der Waals surface area contributed by atoms with Crippen LogP contribution in [0.4, 0.5) is 5.82 Å². The second-order valence-electron chi connectivity index (χ2n) is 3.72. The van der Waals surface area contributed by atoms with E-state index >= 15 is 0 Å². The molecule has 2 rings (SSSR count). The van der Waals surface area contributed by atoms with Gasteiger partial charge in [-0.05, 0) is 17.1 Å². The Bertz CT molecular complexity index is 743. The van der Waals surface area contributed by atoms with Crippen molar-refractivity contribution in [3.05, 3.63) is 49.8 Å². The van der Waals surface area contributed by atoms with Gasteiger partial charge in [0.15, 0.2) is 16.5 Å². The molecular formula is C11H8ClN3O5. The van der Waals surface area contributed by atoms with Gasteiger partial charge in [0, 0.05) is 0 Å². The summed E-state index contributed by atoms with van der Waals surface area (Å²) in [5, 5.41) is 23.5. The zero-order valence-electron chi connectivity index (χ0n) is 10.1. The van der Waals surface area contributed by atoms with E-state index in [2.05, 4.69) is 5.10 Å². The largest absolute Gasteiger partial charge is 0.504 e. The number of halogens is 1. The van der Waals surface area contributed by atoms with E-state index in [0.717, 1.165) is 4.68 Å². The molecule has 1 aromatic heterocycles. The van der Waals surface area contributed by atoms with Crippen molar-refractivity contribution >= 4 is 17.4 Å². The quantitative estimate of drug-likeness (QED) is 0.684. The third-order valence-electron chi connectivity index (χ3n) is 2.38. The van der Waals surface area contributed by atoms with Crippen LogP contribution in [0.2, 0.25) is 5.02 Å². The topological polar surface area (TPSA) is 107 Å². The van der Waals surface area contributed by atoms with Crippen LogP contribution in [0.5, 0.6) is 17.2 Å². The third-order valence-corrected chi connectivity index (χ3v) is 2.71. The zero-order chi connectivity index (χ0) is 14.9. The summed E-state index contributed by atoms with van der Waals surface area (Å²) < 4.78 is 5.90. The summed E-state index contributed by atoms with van der Waals surface area (Å²) in [4.78, 5) is 21.7. The number of rotatable bonds is 3. The molecule has 0 aliphatic heterocycles. The Morgan fingerprint density at radius 2 is 2.10 bits per heavy atom. The molecule has 9 heteroatoms. The van der Waals surface area contributed by atoms with E-state index in [1.54, 1.807) is 12.1 Å². The van der Waals surface area contributed by atoms with Gasteiger partial charge in [0.2, 0.25) is 0 Å². The normalized spacial score (nSPS) is 10.3. The first-order chi connectivity index (χ1) is 9.41. The first kappa shape index (κ1) is 13.8. The van der Waals surface area contributed by atoms with Crippen molar-refractivity contribution in [2.24, 2.45) is 7.05 Å². The number of phenols is 1. The molecule has 2 aromatic rings. The first-order valence-corrected chi connectivity index (χ1v) is 5.66. The fourth-order valence-corrected chi connectivity index (χ4v) is 1.68. The molecule has 1 N–H and O–H groups in total. The number of nitro groups is 1. The minimum absolute atomic E-state index is 0.0763. The van der Waals surface area contributed by atoms with Crippen LogP contribution in [0, 0.1) is 10.1 Å². The fourth-order valence-electron chi connectivity index (χ4n) is 1.43. The Morgan fingerprint density at radius 1 is 1.45 bits per heavy atom. The lowest BCUT2D eigenvalue weighted by Gasteiger charge is -2.08. The van der Waals surface area contributed by atoms with Gasteiger partial charge in [0.05, 0.1) is 12.1 Å². The number of aryl methyl sites for hydroxylation is 1. The average molecular weight is 298 g/mol. The van der Waals surface area contributed by atoms with E-state index in [-0.39, 0.29) is 11.5 Å². The summed E-state index contributed by atoms with van der Waals surface area (Å²) in [5.41, 5.74) is -0.748. The number of hydrogen-bond donors (Lipinski definition) is 1. The highest BCUT2D eigenvalue weighted by molar-refractivity contribution is 6.32. The Labute approximate surface area is 116 Å². The summed E-state index contributed by atoms with van der Waals surface area (Å²) in [7, 11) is 1.23. The van der Waals surface area contributed by atoms with Crippen molar-refractivity contribution < 1.29 is 14.8 Å². The minimum atomic E-state index is -0.833. The molecule has 20 heavy (non-hydrogen) atoms. The summed E-state index contributed by atoms with van der Waals surface area (Å²) >= 11 is 5.77. The molecule has 0 unspecified atom stereocenters. The molecule has 0 aliphatic carbocycles. The van der Waals surface area contributed by atoms with Gasteiger partial charge >= 0.3 is 11.4 Å². The maximum absolute atomic E-state index is 11.6. The number of benzene rings is 1. The van der Waals surface area contributed by atoms with Gasteiger partial charge in [0.1, 0.15) is 0 Å². The highest BCUT2D eigenvalue weighted by Crippen LogP contribution is 2.37. The van der Waals surface area contributed by atoms with Crippen LogP contribution in [-0.4, -0.2) is 19.8 Å². The fraction of sp³-hybridized carbons (Fsp3) is 0.0909. The van der Waals surface area contributed by atoms with E-state index in [4.69, 9.17) is 16.3 Å². The van der Waals surface area contributed by atoms with Gasteiger partial charge in [0.25, 0.3) is 5.75 Å². The van der Waals surface area contributed by atoms with Crippen LogP contribution in [0.1, 0.15) is 0 Å². The molecule has 0 saturated heterocycles. The van der Waals surface area contributed by atoms with Crippen molar-refractivity contribution in [1.29, 1.82) is 0 Å². The van der Waals surface area contributed by atoms with Crippen LogP contribution in [0.15, 0.2) is 29.1 Å². The number of ether oxygens (including phenoxy) is 1. The number of hydrogen-bond acceptors (Lipinski definition) is 6. The SMILES string of the molecule is Cn1nc([N+](=O)[O-])c(Oc2ccccc2O)c(Cl)c1=O. The van der Waals surface area contributed by atoms with E-state index < -0.39 is 27.1 Å². The molecule has 104 valence electrons. The molecule has 1 heterocycles. The van der Waals surface area contributed by atoms with Crippen LogP contribution in [0.25, 0.3) is 0 Å². The summed E-state index contributed by atoms with van der Waals surface area (Å²) in [6.45, 7) is 0. The molecule has 0 atom stereocenters. The molecule has 0 fully saturated rings. The van der Waals surface area contributed by atoms with Gasteiger partial charge < -0.3 is 20.0 Å². The van der Waals surface area contributed by atoms with E-state index in [1.807, 2.05) is 0 Å². The summed E-state index contributed by atoms with van der Waals surface area (Å²) in [6.07, 6.45) is 0. The van der Waals surface area contributed by atoms with Crippen LogP contribution < -0.4 is 10.3 Å². The predicted octanol–water partition coefficient (Wildman–Crippen LogP) is 1.84. The van der Waals surface area contributed by atoms with Gasteiger partial charge in [-0.1, -0.05) is 23.7 Å². The highest BCUT2D eigenvalue weighted by atomic mass is 35.5. The second-order valence-corrected chi connectivity index (χ2v) is 4.10. The number of para-hydroxylation sites is 2. The summed E-state index contributed by atoms with van der Waals surface area (Å²) in [6, 6.07) is 5.78. The van der Waals surface area contributed by atoms with E-state index in [1.165, 1.54) is 19.2 Å². The zero-order valence-corrected chi connectivity index (χ0v) is 10.9.